The molecule has 0 fully saturated rings. The minimum Gasteiger partial charge on any atom is -0.463 e. The molecule has 0 bridgehead atoms. The van der Waals surface area contributed by atoms with E-state index in [1.165, 1.54) is 0 Å². The van der Waals surface area contributed by atoms with Crippen molar-refractivity contribution in [2.75, 3.05) is 6.61 Å². The van der Waals surface area contributed by atoms with E-state index in [4.69, 9.17) is 4.74 Å². The van der Waals surface area contributed by atoms with Gasteiger partial charge in [-0.15, -0.1) is 0 Å². The van der Waals surface area contributed by atoms with Crippen LogP contribution < -0.4 is 0 Å². The molecule has 0 aliphatic heterocycles. The highest BCUT2D eigenvalue weighted by atomic mass is 16.5. The first kappa shape index (κ1) is 13.2. The molecule has 0 aliphatic carbocycles. The average Bonchev–Trinajstić information content (AvgIpc) is 2.18. The molecule has 0 heterocycles. The summed E-state index contributed by atoms with van der Waals surface area (Å²) in [5, 5.41) is 0. The van der Waals surface area contributed by atoms with Crippen LogP contribution in [-0.2, 0) is 9.53 Å². The molecule has 0 spiro atoms. The second-order valence-corrected chi connectivity index (χ2v) is 3.57. The summed E-state index contributed by atoms with van der Waals surface area (Å²) in [6.45, 7) is 8.79. The van der Waals surface area contributed by atoms with Crippen molar-refractivity contribution < 1.29 is 9.53 Å². The quantitative estimate of drug-likeness (QED) is 0.484. The zero-order valence-electron chi connectivity index (χ0n) is 9.75. The zero-order chi connectivity index (χ0) is 11.0. The van der Waals surface area contributed by atoms with Gasteiger partial charge in [-0.3, -0.25) is 0 Å². The molecular weight excluding hydrogens is 176 g/mol. The van der Waals surface area contributed by atoms with Gasteiger partial charge in [0.25, 0.3) is 0 Å². The number of carbonyl (C=O) groups excluding carboxylic acids is 1. The van der Waals surface area contributed by atoms with Gasteiger partial charge in [0.1, 0.15) is 0 Å². The first-order chi connectivity index (χ1) is 6.65. The SMILES string of the molecule is CCOC(=O)/C=C/[C@@H](CC)[C@@H](C)CC. The number of carbonyl (C=O) groups is 1. The first-order valence-electron chi connectivity index (χ1n) is 5.50. The summed E-state index contributed by atoms with van der Waals surface area (Å²) in [6.07, 6.45) is 5.76. The third kappa shape index (κ3) is 5.05. The van der Waals surface area contributed by atoms with Gasteiger partial charge < -0.3 is 4.74 Å². The van der Waals surface area contributed by atoms with E-state index in [-0.39, 0.29) is 5.97 Å². The molecule has 0 saturated carbocycles. The Labute approximate surface area is 87.3 Å². The lowest BCUT2D eigenvalue weighted by Crippen LogP contribution is -2.08. The number of allylic oxidation sites excluding steroid dienone is 1. The number of hydrogen-bond donors (Lipinski definition) is 0. The fourth-order valence-electron chi connectivity index (χ4n) is 1.42. The molecule has 0 N–H and O–H groups in total. The van der Waals surface area contributed by atoms with Gasteiger partial charge in [0.05, 0.1) is 6.61 Å². The Morgan fingerprint density at radius 3 is 2.36 bits per heavy atom. The van der Waals surface area contributed by atoms with Crippen LogP contribution >= 0.6 is 0 Å². The van der Waals surface area contributed by atoms with Crippen molar-refractivity contribution in [1.29, 1.82) is 0 Å². The minimum absolute atomic E-state index is 0.228. The van der Waals surface area contributed by atoms with E-state index >= 15 is 0 Å². The van der Waals surface area contributed by atoms with Crippen LogP contribution in [0, 0.1) is 11.8 Å². The number of ether oxygens (including phenoxy) is 1. The molecule has 0 aromatic heterocycles. The molecule has 2 heteroatoms. The van der Waals surface area contributed by atoms with Gasteiger partial charge in [-0.1, -0.05) is 33.3 Å². The Kier molecular flexibility index (Phi) is 7.17. The molecule has 0 amide bonds. The summed E-state index contributed by atoms with van der Waals surface area (Å²) in [7, 11) is 0. The molecule has 0 unspecified atom stereocenters. The van der Waals surface area contributed by atoms with Gasteiger partial charge in [-0.2, -0.15) is 0 Å². The van der Waals surface area contributed by atoms with Crippen molar-refractivity contribution in [3.05, 3.63) is 12.2 Å². The molecule has 0 aromatic carbocycles. The van der Waals surface area contributed by atoms with Crippen molar-refractivity contribution in [2.24, 2.45) is 11.8 Å². The molecule has 0 aliphatic rings. The average molecular weight is 198 g/mol. The minimum atomic E-state index is -0.228. The monoisotopic (exact) mass is 198 g/mol. The second kappa shape index (κ2) is 7.60. The smallest absolute Gasteiger partial charge is 0.330 e. The van der Waals surface area contributed by atoms with Crippen LogP contribution in [0.15, 0.2) is 12.2 Å². The van der Waals surface area contributed by atoms with Crippen LogP contribution in [0.25, 0.3) is 0 Å². The fourth-order valence-corrected chi connectivity index (χ4v) is 1.42. The van der Waals surface area contributed by atoms with Crippen molar-refractivity contribution >= 4 is 5.97 Å². The van der Waals surface area contributed by atoms with Crippen molar-refractivity contribution in [3.63, 3.8) is 0 Å². The normalized spacial score (nSPS) is 15.4. The van der Waals surface area contributed by atoms with Gasteiger partial charge in [-0.05, 0) is 25.2 Å². The molecule has 82 valence electrons. The van der Waals surface area contributed by atoms with Crippen LogP contribution in [0.3, 0.4) is 0 Å². The van der Waals surface area contributed by atoms with E-state index in [0.717, 1.165) is 12.8 Å². The largest absolute Gasteiger partial charge is 0.463 e. The van der Waals surface area contributed by atoms with E-state index in [1.54, 1.807) is 6.08 Å². The van der Waals surface area contributed by atoms with E-state index in [0.29, 0.717) is 18.4 Å². The maximum atomic E-state index is 11.1. The molecule has 0 radical (unpaired) electrons. The van der Waals surface area contributed by atoms with E-state index in [9.17, 15) is 4.79 Å². The summed E-state index contributed by atoms with van der Waals surface area (Å²) in [6, 6.07) is 0. The lowest BCUT2D eigenvalue weighted by atomic mass is 9.89. The van der Waals surface area contributed by atoms with Crippen LogP contribution in [0.2, 0.25) is 0 Å². The molecule has 0 aromatic rings. The van der Waals surface area contributed by atoms with Gasteiger partial charge in [-0.25, -0.2) is 4.79 Å². The highest BCUT2D eigenvalue weighted by Crippen LogP contribution is 2.19. The Bertz CT molecular complexity index is 185. The molecule has 0 rings (SSSR count). The van der Waals surface area contributed by atoms with Gasteiger partial charge in [0.15, 0.2) is 0 Å². The predicted molar refractivity (Wildman–Crippen MR) is 59.0 cm³/mol. The summed E-state index contributed by atoms with van der Waals surface area (Å²) >= 11 is 0. The fraction of sp³-hybridized carbons (Fsp3) is 0.750. The molecule has 0 saturated heterocycles. The Morgan fingerprint density at radius 1 is 1.29 bits per heavy atom. The summed E-state index contributed by atoms with van der Waals surface area (Å²) in [5.74, 6) is 0.893. The maximum absolute atomic E-state index is 11.1. The van der Waals surface area contributed by atoms with Crippen molar-refractivity contribution in [2.45, 2.75) is 40.5 Å². The van der Waals surface area contributed by atoms with E-state index < -0.39 is 0 Å². The Morgan fingerprint density at radius 2 is 1.93 bits per heavy atom. The number of rotatable bonds is 6. The topological polar surface area (TPSA) is 26.3 Å². The van der Waals surface area contributed by atoms with Crippen LogP contribution in [0.4, 0.5) is 0 Å². The highest BCUT2D eigenvalue weighted by Gasteiger charge is 2.10. The maximum Gasteiger partial charge on any atom is 0.330 e. The van der Waals surface area contributed by atoms with Crippen LogP contribution in [0.1, 0.15) is 40.5 Å². The third-order valence-corrected chi connectivity index (χ3v) is 2.61. The van der Waals surface area contributed by atoms with Gasteiger partial charge in [0.2, 0.25) is 0 Å². The van der Waals surface area contributed by atoms with Gasteiger partial charge >= 0.3 is 5.97 Å². The molecule has 2 nitrogen and oxygen atoms in total. The molecule has 14 heavy (non-hydrogen) atoms. The molecular formula is C12H22O2. The zero-order valence-corrected chi connectivity index (χ0v) is 9.75. The van der Waals surface area contributed by atoms with E-state index in [2.05, 4.69) is 20.8 Å². The Hall–Kier alpha value is -0.790. The second-order valence-electron chi connectivity index (χ2n) is 3.57. The van der Waals surface area contributed by atoms with E-state index in [1.807, 2.05) is 13.0 Å². The summed E-state index contributed by atoms with van der Waals surface area (Å²) in [4.78, 5) is 11.1. The third-order valence-electron chi connectivity index (χ3n) is 2.61. The lowest BCUT2D eigenvalue weighted by Gasteiger charge is -2.16. The predicted octanol–water partition coefficient (Wildman–Crippen LogP) is 3.18. The first-order valence-corrected chi connectivity index (χ1v) is 5.50. The highest BCUT2D eigenvalue weighted by molar-refractivity contribution is 5.81. The van der Waals surface area contributed by atoms with Crippen molar-refractivity contribution in [1.82, 2.24) is 0 Å². The summed E-state index contributed by atoms with van der Waals surface area (Å²) in [5.41, 5.74) is 0. The molecule has 2 atom stereocenters. The Balaban J connectivity index is 4.09. The number of esters is 1. The van der Waals surface area contributed by atoms with Crippen LogP contribution in [-0.4, -0.2) is 12.6 Å². The van der Waals surface area contributed by atoms with Crippen LogP contribution in [0.5, 0.6) is 0 Å². The lowest BCUT2D eigenvalue weighted by molar-refractivity contribution is -0.137. The number of hydrogen-bond acceptors (Lipinski definition) is 2. The van der Waals surface area contributed by atoms with Gasteiger partial charge in [0, 0.05) is 6.08 Å². The summed E-state index contributed by atoms with van der Waals surface area (Å²) < 4.78 is 4.82. The van der Waals surface area contributed by atoms with Crippen molar-refractivity contribution in [3.8, 4) is 0 Å². The standard InChI is InChI=1S/C12H22O2/c1-5-10(4)11(6-2)8-9-12(13)14-7-3/h8-11H,5-7H2,1-4H3/b9-8+/t10-,11+/m0/s1.